The summed E-state index contributed by atoms with van der Waals surface area (Å²) in [5.41, 5.74) is -0.136. The van der Waals surface area contributed by atoms with Gasteiger partial charge in [0.2, 0.25) is 10.0 Å². The van der Waals surface area contributed by atoms with Crippen LogP contribution in [0, 0.1) is 5.41 Å². The SMILES string of the molecule is CCCS(=O)(=O)Nc1cccc(NC(=O)N2CCC(C)(C(=O)O)C2)c1. The molecule has 0 spiro atoms. The molecule has 3 N–H and O–H groups in total. The standard InChI is InChI=1S/C16H23N3O5S/c1-3-9-25(23,24)18-13-6-4-5-12(10-13)17-15(22)19-8-7-16(2,11-19)14(20)21/h4-6,10,18H,3,7-9,11H2,1-2H3,(H,17,22)(H,20,21). The second kappa shape index (κ2) is 7.30. The summed E-state index contributed by atoms with van der Waals surface area (Å²) in [7, 11) is -3.41. The number of rotatable bonds is 6. The van der Waals surface area contributed by atoms with Crippen molar-refractivity contribution in [2.24, 2.45) is 5.41 Å². The zero-order chi connectivity index (χ0) is 18.7. The summed E-state index contributed by atoms with van der Waals surface area (Å²) in [6, 6.07) is 5.99. The van der Waals surface area contributed by atoms with Crippen molar-refractivity contribution >= 4 is 33.4 Å². The molecule has 1 aliphatic heterocycles. The molecule has 8 nitrogen and oxygen atoms in total. The zero-order valence-electron chi connectivity index (χ0n) is 14.3. The average molecular weight is 369 g/mol. The van der Waals surface area contributed by atoms with Crippen molar-refractivity contribution in [3.63, 3.8) is 0 Å². The number of nitrogens with zero attached hydrogens (tertiary/aromatic N) is 1. The van der Waals surface area contributed by atoms with Crippen LogP contribution in [0.3, 0.4) is 0 Å². The van der Waals surface area contributed by atoms with Gasteiger partial charge in [-0.2, -0.15) is 0 Å². The Morgan fingerprint density at radius 1 is 1.32 bits per heavy atom. The van der Waals surface area contributed by atoms with Crippen molar-refractivity contribution in [3.05, 3.63) is 24.3 Å². The number of carboxylic acid groups (broad SMARTS) is 1. The molecule has 9 heteroatoms. The summed E-state index contributed by atoms with van der Waals surface area (Å²) >= 11 is 0. The molecule has 1 unspecified atom stereocenters. The molecule has 2 rings (SSSR count). The Kier molecular flexibility index (Phi) is 5.56. The van der Waals surface area contributed by atoms with Gasteiger partial charge in [-0.05, 0) is 38.0 Å². The molecular formula is C16H23N3O5S. The van der Waals surface area contributed by atoms with Crippen LogP contribution < -0.4 is 10.0 Å². The first kappa shape index (κ1) is 19.0. The molecule has 2 amide bonds. The van der Waals surface area contributed by atoms with Gasteiger partial charge in [-0.1, -0.05) is 13.0 Å². The van der Waals surface area contributed by atoms with E-state index in [0.29, 0.717) is 30.8 Å². The minimum absolute atomic E-state index is 0.0190. The van der Waals surface area contributed by atoms with Crippen molar-refractivity contribution in [1.29, 1.82) is 0 Å². The molecule has 1 saturated heterocycles. The molecule has 1 aromatic carbocycles. The average Bonchev–Trinajstić information content (AvgIpc) is 2.91. The fourth-order valence-corrected chi connectivity index (χ4v) is 3.80. The van der Waals surface area contributed by atoms with E-state index in [1.807, 2.05) is 0 Å². The maximum absolute atomic E-state index is 12.3. The number of carbonyl (C=O) groups excluding carboxylic acids is 1. The number of anilines is 2. The first-order valence-corrected chi connectivity index (χ1v) is 9.70. The van der Waals surface area contributed by atoms with E-state index in [1.165, 1.54) is 11.0 Å². The van der Waals surface area contributed by atoms with Gasteiger partial charge < -0.3 is 15.3 Å². The number of sulfonamides is 1. The van der Waals surface area contributed by atoms with Crippen LogP contribution in [0.1, 0.15) is 26.7 Å². The molecule has 1 atom stereocenters. The van der Waals surface area contributed by atoms with Gasteiger partial charge in [0.1, 0.15) is 0 Å². The van der Waals surface area contributed by atoms with Crippen LogP contribution in [0.5, 0.6) is 0 Å². The second-order valence-electron chi connectivity index (χ2n) is 6.47. The van der Waals surface area contributed by atoms with Gasteiger partial charge >= 0.3 is 12.0 Å². The number of hydrogen-bond acceptors (Lipinski definition) is 4. The molecule has 1 heterocycles. The lowest BCUT2D eigenvalue weighted by atomic mass is 9.90. The van der Waals surface area contributed by atoms with Crippen molar-refractivity contribution in [2.45, 2.75) is 26.7 Å². The van der Waals surface area contributed by atoms with Crippen LogP contribution >= 0.6 is 0 Å². The Morgan fingerprint density at radius 3 is 2.60 bits per heavy atom. The first-order chi connectivity index (χ1) is 11.6. The lowest BCUT2D eigenvalue weighted by Crippen LogP contribution is -2.37. The number of aliphatic carboxylic acids is 1. The molecule has 0 bridgehead atoms. The third-order valence-corrected chi connectivity index (χ3v) is 5.63. The normalized spacial score (nSPS) is 20.3. The number of benzene rings is 1. The molecule has 0 aliphatic carbocycles. The van der Waals surface area contributed by atoms with Gasteiger partial charge in [-0.25, -0.2) is 13.2 Å². The number of hydrogen-bond donors (Lipinski definition) is 3. The van der Waals surface area contributed by atoms with Gasteiger partial charge in [0.25, 0.3) is 0 Å². The number of amides is 2. The van der Waals surface area contributed by atoms with Gasteiger partial charge in [0.05, 0.1) is 16.9 Å². The van der Waals surface area contributed by atoms with E-state index < -0.39 is 27.4 Å². The van der Waals surface area contributed by atoms with Gasteiger partial charge in [0, 0.05) is 18.8 Å². The lowest BCUT2D eigenvalue weighted by Gasteiger charge is -2.20. The van der Waals surface area contributed by atoms with Gasteiger partial charge in [0.15, 0.2) is 0 Å². The molecular weight excluding hydrogens is 346 g/mol. The second-order valence-corrected chi connectivity index (χ2v) is 8.31. The molecule has 1 fully saturated rings. The Labute approximate surface area is 147 Å². The molecule has 0 saturated carbocycles. The maximum Gasteiger partial charge on any atom is 0.321 e. The van der Waals surface area contributed by atoms with E-state index in [-0.39, 0.29) is 12.3 Å². The van der Waals surface area contributed by atoms with Crippen LogP contribution in [-0.4, -0.2) is 49.3 Å². The van der Waals surface area contributed by atoms with Gasteiger partial charge in [-0.15, -0.1) is 0 Å². The van der Waals surface area contributed by atoms with E-state index in [9.17, 15) is 23.1 Å². The van der Waals surface area contributed by atoms with E-state index in [4.69, 9.17) is 0 Å². The van der Waals surface area contributed by atoms with Crippen LogP contribution in [0.15, 0.2) is 24.3 Å². The monoisotopic (exact) mass is 369 g/mol. The van der Waals surface area contributed by atoms with Crippen LogP contribution in [-0.2, 0) is 14.8 Å². The summed E-state index contributed by atoms with van der Waals surface area (Å²) < 4.78 is 26.1. The fourth-order valence-electron chi connectivity index (χ4n) is 2.67. The van der Waals surface area contributed by atoms with Crippen LogP contribution in [0.4, 0.5) is 16.2 Å². The summed E-state index contributed by atoms with van der Waals surface area (Å²) in [6.07, 6.45) is 0.898. The predicted octanol–water partition coefficient (Wildman–Crippen LogP) is 2.17. The summed E-state index contributed by atoms with van der Waals surface area (Å²) in [4.78, 5) is 25.0. The highest BCUT2D eigenvalue weighted by Gasteiger charge is 2.42. The largest absolute Gasteiger partial charge is 0.481 e. The summed E-state index contributed by atoms with van der Waals surface area (Å²) in [6.45, 7) is 3.89. The number of nitrogens with one attached hydrogen (secondary N) is 2. The zero-order valence-corrected chi connectivity index (χ0v) is 15.1. The van der Waals surface area contributed by atoms with E-state index >= 15 is 0 Å². The number of urea groups is 1. The third-order valence-electron chi connectivity index (χ3n) is 4.14. The third kappa shape index (κ3) is 4.85. The quantitative estimate of drug-likeness (QED) is 0.711. The number of carboxylic acids is 1. The lowest BCUT2D eigenvalue weighted by molar-refractivity contribution is -0.146. The Bertz CT molecular complexity index is 765. The van der Waals surface area contributed by atoms with Crippen molar-refractivity contribution < 1.29 is 23.1 Å². The molecule has 138 valence electrons. The highest BCUT2D eigenvalue weighted by molar-refractivity contribution is 7.92. The van der Waals surface area contributed by atoms with Crippen LogP contribution in [0.2, 0.25) is 0 Å². The van der Waals surface area contributed by atoms with Crippen LogP contribution in [0.25, 0.3) is 0 Å². The minimum Gasteiger partial charge on any atom is -0.481 e. The Balaban J connectivity index is 2.03. The minimum atomic E-state index is -3.41. The summed E-state index contributed by atoms with van der Waals surface area (Å²) in [5.74, 6) is -0.902. The fraction of sp³-hybridized carbons (Fsp3) is 0.500. The molecule has 1 aliphatic rings. The number of likely N-dealkylation sites (tertiary alicyclic amines) is 1. The highest BCUT2D eigenvalue weighted by atomic mass is 32.2. The Morgan fingerprint density at radius 2 is 2.00 bits per heavy atom. The Hall–Kier alpha value is -2.29. The maximum atomic E-state index is 12.3. The van der Waals surface area contributed by atoms with Gasteiger partial charge in [-0.3, -0.25) is 9.52 Å². The molecule has 1 aromatic rings. The smallest absolute Gasteiger partial charge is 0.321 e. The highest BCUT2D eigenvalue weighted by Crippen LogP contribution is 2.30. The van der Waals surface area contributed by atoms with E-state index in [0.717, 1.165) is 0 Å². The number of carbonyl (C=O) groups is 2. The van der Waals surface area contributed by atoms with E-state index in [1.54, 1.807) is 32.0 Å². The molecule has 0 radical (unpaired) electrons. The van der Waals surface area contributed by atoms with Crippen molar-refractivity contribution in [3.8, 4) is 0 Å². The summed E-state index contributed by atoms with van der Waals surface area (Å²) in [5, 5.41) is 11.9. The first-order valence-electron chi connectivity index (χ1n) is 8.05. The molecule has 0 aromatic heterocycles. The predicted molar refractivity (Wildman–Crippen MR) is 95.1 cm³/mol. The van der Waals surface area contributed by atoms with Crippen molar-refractivity contribution in [1.82, 2.24) is 4.90 Å². The topological polar surface area (TPSA) is 116 Å². The van der Waals surface area contributed by atoms with Crippen molar-refractivity contribution in [2.75, 3.05) is 28.9 Å². The molecule has 25 heavy (non-hydrogen) atoms. The van der Waals surface area contributed by atoms with E-state index in [2.05, 4.69) is 10.0 Å².